The normalized spacial score (nSPS) is 0.500. The van der Waals surface area contributed by atoms with Crippen molar-refractivity contribution in [3.8, 4) is 0 Å². The third-order valence-electron chi connectivity index (χ3n) is 0. The van der Waals surface area contributed by atoms with Crippen molar-refractivity contribution in [3.63, 3.8) is 0 Å². The van der Waals surface area contributed by atoms with E-state index in [9.17, 15) is 0 Å². The van der Waals surface area contributed by atoms with Crippen molar-refractivity contribution >= 4 is 65.0 Å². The summed E-state index contributed by atoms with van der Waals surface area (Å²) in [6.07, 6.45) is 3.58. The fourth-order valence-electron chi connectivity index (χ4n) is 0. The van der Waals surface area contributed by atoms with Crippen LogP contribution in [0.25, 0.3) is 0 Å². The van der Waals surface area contributed by atoms with E-state index in [0.29, 0.717) is 0 Å². The van der Waals surface area contributed by atoms with Crippen LogP contribution in [0.1, 0.15) is 0 Å². The molecule has 0 saturated carbocycles. The molecule has 0 atom stereocenters. The van der Waals surface area contributed by atoms with Crippen LogP contribution in [0.2, 0.25) is 0 Å². The predicted molar refractivity (Wildman–Crippen MR) is 32.6 cm³/mol. The zero-order chi connectivity index (χ0) is 2.00. The first kappa shape index (κ1) is 16.1. The molecule has 0 spiro atoms. The van der Waals surface area contributed by atoms with Crippen LogP contribution in [0.15, 0.2) is 0 Å². The maximum absolute atomic E-state index is 3.58. The van der Waals surface area contributed by atoms with E-state index in [0.717, 1.165) is 0 Å². The van der Waals surface area contributed by atoms with Gasteiger partial charge in [0.05, 0.1) is 0 Å². The Bertz CT molecular complexity index is 12.8. The zero-order valence-corrected chi connectivity index (χ0v) is 4.34. The topological polar surface area (TPSA) is 0 Å². The van der Waals surface area contributed by atoms with Crippen molar-refractivity contribution in [2.75, 3.05) is 0 Å². The molecular weight excluding hydrogens is 249 g/mol. The Kier molecular flexibility index (Phi) is 72.9. The third-order valence-corrected chi connectivity index (χ3v) is 0. The molecule has 0 aliphatic rings. The van der Waals surface area contributed by atoms with Crippen LogP contribution in [-0.4, -0.2) is 58.9 Å². The van der Waals surface area contributed by atoms with Crippen LogP contribution in [0, 0.1) is 0 Å². The molecule has 0 saturated heterocycles. The van der Waals surface area contributed by atoms with Gasteiger partial charge in [0, 0.05) is 0 Å². The number of hydrogen-bond donors (Lipinski definition) is 0. The van der Waals surface area contributed by atoms with Gasteiger partial charge in [-0.2, -0.15) is 0 Å². The predicted octanol–water partition coefficient (Wildman–Crippen LogP) is -1.89. The summed E-state index contributed by atoms with van der Waals surface area (Å²) >= 11 is 1.44. The summed E-state index contributed by atoms with van der Waals surface area (Å²) in [5.41, 5.74) is 0. The minimum atomic E-state index is 0. The summed E-state index contributed by atoms with van der Waals surface area (Å²) in [6, 6.07) is 0. The first-order valence-electron chi connectivity index (χ1n) is 0.200. The molecule has 0 aliphatic heterocycles. The molecule has 0 aromatic carbocycles. The molecule has 0 radical (unpaired) electrons. The Labute approximate surface area is 64.2 Å². The first-order chi connectivity index (χ1) is 1.00. The van der Waals surface area contributed by atoms with Gasteiger partial charge in [-0.05, 0) is 0 Å². The van der Waals surface area contributed by atoms with Crippen molar-refractivity contribution in [2.24, 2.45) is 0 Å². The van der Waals surface area contributed by atoms with Crippen LogP contribution in [0.5, 0.6) is 0 Å². The third kappa shape index (κ3) is 8.83. The van der Waals surface area contributed by atoms with Crippen molar-refractivity contribution < 1.29 is 0 Å². The van der Waals surface area contributed by atoms with E-state index >= 15 is 0 Å². The molecule has 22 valence electrons. The summed E-state index contributed by atoms with van der Waals surface area (Å²) in [5.74, 6) is 0. The van der Waals surface area contributed by atoms with Crippen LogP contribution < -0.4 is 0 Å². The van der Waals surface area contributed by atoms with Crippen molar-refractivity contribution in [1.82, 2.24) is 0 Å². The summed E-state index contributed by atoms with van der Waals surface area (Å²) in [5, 5.41) is 0. The number of rotatable bonds is 0. The van der Waals surface area contributed by atoms with Crippen molar-refractivity contribution in [2.45, 2.75) is 0 Å². The van der Waals surface area contributed by atoms with Gasteiger partial charge in [0.25, 0.3) is 0 Å². The minimum absolute atomic E-state index is 0. The Morgan fingerprint density at radius 1 is 1.25 bits per heavy atom. The summed E-state index contributed by atoms with van der Waals surface area (Å²) in [6.45, 7) is 0. The SMILES string of the molecule is [AlH3].[GaH3].[P]#[Sb]. The second kappa shape index (κ2) is 18.1. The average Bonchev–Trinajstić information content (AvgIpc) is 1.00. The van der Waals surface area contributed by atoms with E-state index in [-0.39, 0.29) is 37.2 Å². The first-order valence-corrected chi connectivity index (χ1v) is 4.02. The van der Waals surface area contributed by atoms with Crippen LogP contribution in [-0.2, 0) is 0 Å². The Balaban J connectivity index is -0.00000000500. The van der Waals surface area contributed by atoms with Gasteiger partial charge in [-0.1, -0.05) is 0 Å². The summed E-state index contributed by atoms with van der Waals surface area (Å²) in [7, 11) is 0. The van der Waals surface area contributed by atoms with Crippen LogP contribution in [0.3, 0.4) is 0 Å². The molecule has 0 N–H and O–H groups in total. The molecule has 0 aromatic heterocycles. The molecule has 0 amide bonds. The Morgan fingerprint density at radius 2 is 1.25 bits per heavy atom. The maximum atomic E-state index is 3.58. The zero-order valence-electron chi connectivity index (χ0n) is 0.894. The molecule has 0 heterocycles. The van der Waals surface area contributed by atoms with Gasteiger partial charge in [-0.25, -0.2) is 0 Å². The van der Waals surface area contributed by atoms with Crippen molar-refractivity contribution in [3.05, 3.63) is 0 Å². The molecule has 0 aliphatic carbocycles. The molecule has 4 heavy (non-hydrogen) atoms. The van der Waals surface area contributed by atoms with Gasteiger partial charge in [0.15, 0.2) is 17.4 Å². The molecule has 0 aromatic rings. The van der Waals surface area contributed by atoms with E-state index < -0.39 is 0 Å². The van der Waals surface area contributed by atoms with Gasteiger partial charge in [-0.15, -0.1) is 0 Å². The van der Waals surface area contributed by atoms with E-state index in [1.165, 1.54) is 21.7 Å². The fraction of sp³-hybridized carbons (Fsp3) is 0. The van der Waals surface area contributed by atoms with Gasteiger partial charge >= 0.3 is 47.6 Å². The fourth-order valence-corrected chi connectivity index (χ4v) is 0. The second-order valence-corrected chi connectivity index (χ2v) is 0. The molecule has 0 unspecified atom stereocenters. The Hall–Kier alpha value is 2.42. The van der Waals surface area contributed by atoms with Gasteiger partial charge in [-0.3, -0.25) is 0 Å². The van der Waals surface area contributed by atoms with Crippen LogP contribution in [0.4, 0.5) is 0 Å². The number of hydrogen-bond acceptors (Lipinski definition) is 0. The molecule has 0 rings (SSSR count). The van der Waals surface area contributed by atoms with E-state index in [2.05, 4.69) is 6.12 Å². The summed E-state index contributed by atoms with van der Waals surface area (Å²) in [4.78, 5) is 0. The van der Waals surface area contributed by atoms with E-state index in [1.54, 1.807) is 0 Å². The molecular formula is H6AlGaPSb. The Morgan fingerprint density at radius 3 is 1.25 bits per heavy atom. The van der Waals surface area contributed by atoms with Gasteiger partial charge in [0.1, 0.15) is 0 Å². The van der Waals surface area contributed by atoms with Gasteiger partial charge < -0.3 is 0 Å². The van der Waals surface area contributed by atoms with E-state index in [1.807, 2.05) is 0 Å². The molecule has 0 nitrogen and oxygen atoms in total. The standard InChI is InChI=1S/Al.Ga.P.Sb.6H. The molecule has 4 heteroatoms. The van der Waals surface area contributed by atoms with Gasteiger partial charge in [0.2, 0.25) is 0 Å². The molecule has 0 fully saturated rings. The average molecular weight is 255 g/mol. The quantitative estimate of drug-likeness (QED) is 0.351. The van der Waals surface area contributed by atoms with Crippen LogP contribution >= 0.6 is 6.12 Å². The second-order valence-electron chi connectivity index (χ2n) is 0. The van der Waals surface area contributed by atoms with E-state index in [4.69, 9.17) is 0 Å². The van der Waals surface area contributed by atoms with Crippen molar-refractivity contribution in [1.29, 1.82) is 0 Å². The summed E-state index contributed by atoms with van der Waals surface area (Å²) < 4.78 is 0. The molecule has 0 bridgehead atoms. The monoisotopic (exact) mass is 254 g/mol.